The maximum atomic E-state index is 9.13. The van der Waals surface area contributed by atoms with Gasteiger partial charge in [0.1, 0.15) is 5.75 Å². The van der Waals surface area contributed by atoms with Crippen molar-refractivity contribution in [1.29, 1.82) is 0 Å². The highest BCUT2D eigenvalue weighted by Gasteiger charge is 2.03. The van der Waals surface area contributed by atoms with Crippen molar-refractivity contribution < 1.29 is 9.84 Å². The molecule has 0 aliphatic rings. The fraction of sp³-hybridized carbons (Fsp3) is 0.583. The van der Waals surface area contributed by atoms with Gasteiger partial charge in [0.05, 0.1) is 13.2 Å². The van der Waals surface area contributed by atoms with Crippen molar-refractivity contribution in [1.82, 2.24) is 9.88 Å². The lowest BCUT2D eigenvalue weighted by Gasteiger charge is -2.12. The molecule has 0 fully saturated rings. The van der Waals surface area contributed by atoms with E-state index in [4.69, 9.17) is 9.84 Å². The van der Waals surface area contributed by atoms with Crippen LogP contribution in [0.15, 0.2) is 12.3 Å². The van der Waals surface area contributed by atoms with Gasteiger partial charge in [0.15, 0.2) is 0 Å². The number of ether oxygens (including phenoxy) is 1. The lowest BCUT2D eigenvalue weighted by Crippen LogP contribution is -2.15. The Morgan fingerprint density at radius 1 is 1.44 bits per heavy atom. The molecule has 0 bridgehead atoms. The zero-order valence-corrected chi connectivity index (χ0v) is 10.2. The second-order valence-corrected chi connectivity index (χ2v) is 4.10. The van der Waals surface area contributed by atoms with E-state index in [2.05, 4.69) is 9.88 Å². The number of pyridine rings is 1. The Hall–Kier alpha value is -1.13. The number of aromatic nitrogens is 1. The van der Waals surface area contributed by atoms with Crippen molar-refractivity contribution in [3.8, 4) is 5.75 Å². The van der Waals surface area contributed by atoms with E-state index in [-0.39, 0.29) is 6.61 Å². The highest BCUT2D eigenvalue weighted by Crippen LogP contribution is 2.18. The van der Waals surface area contributed by atoms with Gasteiger partial charge in [0.2, 0.25) is 0 Å². The summed E-state index contributed by atoms with van der Waals surface area (Å²) in [7, 11) is 4.07. The summed E-state index contributed by atoms with van der Waals surface area (Å²) >= 11 is 0. The summed E-state index contributed by atoms with van der Waals surface area (Å²) in [4.78, 5) is 6.24. The number of aliphatic hydroxyl groups is 1. The van der Waals surface area contributed by atoms with Crippen molar-refractivity contribution in [3.63, 3.8) is 0 Å². The first-order valence-corrected chi connectivity index (χ1v) is 5.47. The van der Waals surface area contributed by atoms with Gasteiger partial charge in [0, 0.05) is 30.1 Å². The molecule has 1 rings (SSSR count). The standard InChI is InChI=1S/C12H20N2O2/c1-10-7-12(11(9-15)8-13-10)16-6-4-5-14(2)3/h7-8,15H,4-6,9H2,1-3H3. The Labute approximate surface area is 96.9 Å². The van der Waals surface area contributed by atoms with E-state index in [9.17, 15) is 0 Å². The predicted molar refractivity (Wildman–Crippen MR) is 63.6 cm³/mol. The quantitative estimate of drug-likeness (QED) is 0.738. The van der Waals surface area contributed by atoms with Crippen LogP contribution in [0.5, 0.6) is 5.75 Å². The molecule has 1 heterocycles. The van der Waals surface area contributed by atoms with Crippen molar-refractivity contribution in [3.05, 3.63) is 23.5 Å². The van der Waals surface area contributed by atoms with Crippen molar-refractivity contribution in [2.75, 3.05) is 27.2 Å². The number of aliphatic hydroxyl groups excluding tert-OH is 1. The van der Waals surface area contributed by atoms with Crippen LogP contribution in [-0.4, -0.2) is 42.2 Å². The molecule has 4 heteroatoms. The summed E-state index contributed by atoms with van der Waals surface area (Å²) in [6.07, 6.45) is 2.63. The van der Waals surface area contributed by atoms with Gasteiger partial charge in [-0.2, -0.15) is 0 Å². The second-order valence-electron chi connectivity index (χ2n) is 4.10. The summed E-state index contributed by atoms with van der Waals surface area (Å²) in [5.74, 6) is 0.744. The molecule has 16 heavy (non-hydrogen) atoms. The minimum atomic E-state index is -0.0315. The van der Waals surface area contributed by atoms with Crippen molar-refractivity contribution in [2.24, 2.45) is 0 Å². The van der Waals surface area contributed by atoms with Crippen LogP contribution in [0.2, 0.25) is 0 Å². The Bertz CT molecular complexity index is 327. The van der Waals surface area contributed by atoms with Gasteiger partial charge >= 0.3 is 0 Å². The molecule has 1 aromatic rings. The van der Waals surface area contributed by atoms with Crippen LogP contribution in [0.4, 0.5) is 0 Å². The molecule has 0 saturated heterocycles. The van der Waals surface area contributed by atoms with Gasteiger partial charge in [-0.1, -0.05) is 0 Å². The molecule has 0 aliphatic heterocycles. The molecule has 0 aliphatic carbocycles. The zero-order valence-electron chi connectivity index (χ0n) is 10.2. The van der Waals surface area contributed by atoms with Crippen LogP contribution >= 0.6 is 0 Å². The van der Waals surface area contributed by atoms with E-state index < -0.39 is 0 Å². The van der Waals surface area contributed by atoms with Crippen molar-refractivity contribution >= 4 is 0 Å². The predicted octanol–water partition coefficient (Wildman–Crippen LogP) is 1.21. The van der Waals surface area contributed by atoms with E-state index in [0.29, 0.717) is 6.61 Å². The molecule has 0 unspecified atom stereocenters. The normalized spacial score (nSPS) is 10.8. The number of nitrogens with zero attached hydrogens (tertiary/aromatic N) is 2. The maximum Gasteiger partial charge on any atom is 0.128 e. The third-order valence-electron chi connectivity index (χ3n) is 2.26. The molecule has 0 atom stereocenters. The van der Waals surface area contributed by atoms with Crippen LogP contribution in [0.25, 0.3) is 0 Å². The molecule has 0 aromatic carbocycles. The number of hydrogen-bond donors (Lipinski definition) is 1. The zero-order chi connectivity index (χ0) is 12.0. The Morgan fingerprint density at radius 2 is 2.19 bits per heavy atom. The van der Waals surface area contributed by atoms with Crippen LogP contribution in [-0.2, 0) is 6.61 Å². The van der Waals surface area contributed by atoms with Gasteiger partial charge in [-0.25, -0.2) is 0 Å². The second kappa shape index (κ2) is 6.45. The Kier molecular flexibility index (Phi) is 5.22. The molecule has 90 valence electrons. The minimum Gasteiger partial charge on any atom is -0.493 e. The summed E-state index contributed by atoms with van der Waals surface area (Å²) < 4.78 is 5.63. The number of hydrogen-bond acceptors (Lipinski definition) is 4. The monoisotopic (exact) mass is 224 g/mol. The van der Waals surface area contributed by atoms with Crippen LogP contribution in [0.1, 0.15) is 17.7 Å². The van der Waals surface area contributed by atoms with Crippen molar-refractivity contribution in [2.45, 2.75) is 20.0 Å². The highest BCUT2D eigenvalue weighted by molar-refractivity contribution is 5.32. The topological polar surface area (TPSA) is 45.6 Å². The first-order valence-electron chi connectivity index (χ1n) is 5.47. The summed E-state index contributed by atoms with van der Waals surface area (Å²) in [6, 6.07) is 1.86. The molecule has 0 amide bonds. The average molecular weight is 224 g/mol. The molecular weight excluding hydrogens is 204 g/mol. The SMILES string of the molecule is Cc1cc(OCCCN(C)C)c(CO)cn1. The van der Waals surface area contributed by atoms with Gasteiger partial charge in [-0.3, -0.25) is 4.98 Å². The van der Waals surface area contributed by atoms with Gasteiger partial charge < -0.3 is 14.7 Å². The molecule has 1 aromatic heterocycles. The lowest BCUT2D eigenvalue weighted by molar-refractivity contribution is 0.253. The summed E-state index contributed by atoms with van der Waals surface area (Å²) in [5, 5.41) is 9.13. The van der Waals surface area contributed by atoms with E-state index in [1.165, 1.54) is 0 Å². The number of rotatable bonds is 6. The first kappa shape index (κ1) is 12.9. The maximum absolute atomic E-state index is 9.13. The molecule has 0 radical (unpaired) electrons. The third kappa shape index (κ3) is 4.16. The molecular formula is C12H20N2O2. The fourth-order valence-corrected chi connectivity index (χ4v) is 1.38. The van der Waals surface area contributed by atoms with Gasteiger partial charge in [-0.15, -0.1) is 0 Å². The highest BCUT2D eigenvalue weighted by atomic mass is 16.5. The minimum absolute atomic E-state index is 0.0315. The van der Waals surface area contributed by atoms with Crippen LogP contribution in [0.3, 0.4) is 0 Å². The first-order chi connectivity index (χ1) is 7.63. The number of aryl methyl sites for hydroxylation is 1. The lowest BCUT2D eigenvalue weighted by atomic mass is 10.2. The third-order valence-corrected chi connectivity index (χ3v) is 2.26. The summed E-state index contributed by atoms with van der Waals surface area (Å²) in [5.41, 5.74) is 1.65. The smallest absolute Gasteiger partial charge is 0.128 e. The Balaban J connectivity index is 2.48. The van der Waals surface area contributed by atoms with E-state index in [1.807, 2.05) is 27.1 Å². The Morgan fingerprint density at radius 3 is 2.81 bits per heavy atom. The van der Waals surface area contributed by atoms with Crippen LogP contribution < -0.4 is 4.74 Å². The van der Waals surface area contributed by atoms with E-state index in [1.54, 1.807) is 6.20 Å². The average Bonchev–Trinajstić information content (AvgIpc) is 2.24. The van der Waals surface area contributed by atoms with Crippen LogP contribution in [0, 0.1) is 6.92 Å². The van der Waals surface area contributed by atoms with Gasteiger partial charge in [0.25, 0.3) is 0 Å². The molecule has 0 spiro atoms. The van der Waals surface area contributed by atoms with Gasteiger partial charge in [-0.05, 0) is 27.4 Å². The molecule has 4 nitrogen and oxygen atoms in total. The molecule has 0 saturated carbocycles. The van der Waals surface area contributed by atoms with E-state index in [0.717, 1.165) is 30.0 Å². The van der Waals surface area contributed by atoms with E-state index >= 15 is 0 Å². The fourth-order valence-electron chi connectivity index (χ4n) is 1.38. The summed E-state index contributed by atoms with van der Waals surface area (Å²) in [6.45, 7) is 3.54. The largest absolute Gasteiger partial charge is 0.493 e. The molecule has 1 N–H and O–H groups in total.